The first-order valence-corrected chi connectivity index (χ1v) is 11.7. The fraction of sp³-hybridized carbons (Fsp3) is 0.684. The molecule has 0 unspecified atom stereocenters. The molecule has 0 N–H and O–H groups in total. The Labute approximate surface area is 144 Å². The molecule has 1 aliphatic rings. The molecule has 24 heavy (non-hydrogen) atoms. The van der Waals surface area contributed by atoms with Gasteiger partial charge in [-0.2, -0.15) is 13.2 Å². The first-order valence-electron chi connectivity index (χ1n) is 8.75. The zero-order valence-electron chi connectivity index (χ0n) is 15.3. The lowest BCUT2D eigenvalue weighted by Gasteiger charge is -2.41. The molecule has 136 valence electrons. The van der Waals surface area contributed by atoms with Crippen molar-refractivity contribution >= 4 is 8.32 Å². The quantitative estimate of drug-likeness (QED) is 0.543. The predicted molar refractivity (Wildman–Crippen MR) is 94.7 cm³/mol. The summed E-state index contributed by atoms with van der Waals surface area (Å²) in [7, 11) is -1.78. The van der Waals surface area contributed by atoms with Gasteiger partial charge in [-0.05, 0) is 61.4 Å². The fourth-order valence-corrected chi connectivity index (χ4v) is 4.50. The average molecular weight is 359 g/mol. The van der Waals surface area contributed by atoms with E-state index in [4.69, 9.17) is 4.43 Å². The van der Waals surface area contributed by atoms with Gasteiger partial charge in [0.1, 0.15) is 0 Å². The second kappa shape index (κ2) is 6.83. The van der Waals surface area contributed by atoms with E-state index in [1.54, 1.807) is 0 Å². The summed E-state index contributed by atoms with van der Waals surface area (Å²) in [5.74, 6) is 0.214. The minimum absolute atomic E-state index is 0.185. The minimum Gasteiger partial charge on any atom is -0.414 e. The standard InChI is InChI=1S/C19H29F3OSi/c1-18(2,3)24(4,5)23-17-11-9-14(10-12-17)15-7-6-8-16(13-15)19(20,21)22/h6-8,13-14,17H,9-12H2,1-5H3. The van der Waals surface area contributed by atoms with Crippen LogP contribution in [0.15, 0.2) is 24.3 Å². The smallest absolute Gasteiger partial charge is 0.414 e. The molecule has 2 rings (SSSR count). The molecule has 0 amide bonds. The van der Waals surface area contributed by atoms with Crippen LogP contribution >= 0.6 is 0 Å². The van der Waals surface area contributed by atoms with Crippen LogP contribution in [0.1, 0.15) is 63.5 Å². The minimum atomic E-state index is -4.27. The molecule has 0 aromatic heterocycles. The Hall–Kier alpha value is -0.813. The summed E-state index contributed by atoms with van der Waals surface area (Å²) < 4.78 is 45.1. The van der Waals surface area contributed by atoms with E-state index in [2.05, 4.69) is 33.9 Å². The summed E-state index contributed by atoms with van der Waals surface area (Å²) in [6.45, 7) is 11.2. The Kier molecular flexibility index (Phi) is 5.55. The number of hydrogen-bond donors (Lipinski definition) is 0. The van der Waals surface area contributed by atoms with Crippen molar-refractivity contribution in [2.45, 2.75) is 82.8 Å². The summed E-state index contributed by atoms with van der Waals surface area (Å²) in [6, 6.07) is 5.82. The molecule has 1 aromatic carbocycles. The number of alkyl halides is 3. The SMILES string of the molecule is CC(C)(C)[Si](C)(C)OC1CCC(c2cccc(C(F)(F)F)c2)CC1. The number of rotatable bonds is 3. The van der Waals surface area contributed by atoms with Crippen LogP contribution in [0, 0.1) is 0 Å². The van der Waals surface area contributed by atoms with Gasteiger partial charge in [-0.1, -0.05) is 39.0 Å². The molecule has 0 atom stereocenters. The molecule has 0 aliphatic heterocycles. The highest BCUT2D eigenvalue weighted by molar-refractivity contribution is 6.74. The molecule has 0 bridgehead atoms. The van der Waals surface area contributed by atoms with Gasteiger partial charge in [-0.15, -0.1) is 0 Å². The van der Waals surface area contributed by atoms with Crippen LogP contribution in [-0.4, -0.2) is 14.4 Å². The molecule has 1 nitrogen and oxygen atoms in total. The topological polar surface area (TPSA) is 9.23 Å². The van der Waals surface area contributed by atoms with E-state index in [1.807, 2.05) is 6.07 Å². The van der Waals surface area contributed by atoms with Crippen molar-refractivity contribution in [1.82, 2.24) is 0 Å². The molecule has 5 heteroatoms. The van der Waals surface area contributed by atoms with Crippen LogP contribution in [0.25, 0.3) is 0 Å². The summed E-state index contributed by atoms with van der Waals surface area (Å²) in [4.78, 5) is 0. The van der Waals surface area contributed by atoms with Crippen LogP contribution in [-0.2, 0) is 10.6 Å². The van der Waals surface area contributed by atoms with Crippen molar-refractivity contribution in [2.24, 2.45) is 0 Å². The van der Waals surface area contributed by atoms with Gasteiger partial charge in [0.25, 0.3) is 0 Å². The van der Waals surface area contributed by atoms with Gasteiger partial charge in [-0.3, -0.25) is 0 Å². The van der Waals surface area contributed by atoms with Crippen molar-refractivity contribution in [3.05, 3.63) is 35.4 Å². The maximum absolute atomic E-state index is 12.9. The van der Waals surface area contributed by atoms with Crippen molar-refractivity contribution in [3.63, 3.8) is 0 Å². The summed E-state index contributed by atoms with van der Waals surface area (Å²) in [5.41, 5.74) is 0.273. The Morgan fingerprint density at radius 3 is 2.08 bits per heavy atom. The Bertz CT molecular complexity index is 552. The molecular weight excluding hydrogens is 329 g/mol. The van der Waals surface area contributed by atoms with Gasteiger partial charge < -0.3 is 4.43 Å². The van der Waals surface area contributed by atoms with Crippen molar-refractivity contribution in [2.75, 3.05) is 0 Å². The van der Waals surface area contributed by atoms with Crippen LogP contribution in [0.3, 0.4) is 0 Å². The predicted octanol–water partition coefficient (Wildman–Crippen LogP) is 6.75. The van der Waals surface area contributed by atoms with Crippen molar-refractivity contribution in [3.8, 4) is 0 Å². The second-order valence-electron chi connectivity index (χ2n) is 8.48. The van der Waals surface area contributed by atoms with Gasteiger partial charge in [0, 0.05) is 6.10 Å². The van der Waals surface area contributed by atoms with Crippen molar-refractivity contribution in [1.29, 1.82) is 0 Å². The lowest BCUT2D eigenvalue weighted by atomic mass is 9.82. The summed E-state index contributed by atoms with van der Waals surface area (Å²) >= 11 is 0. The van der Waals surface area contributed by atoms with Gasteiger partial charge in [0.2, 0.25) is 0 Å². The number of benzene rings is 1. The average Bonchev–Trinajstić information content (AvgIpc) is 2.46. The largest absolute Gasteiger partial charge is 0.416 e. The molecule has 0 spiro atoms. The van der Waals surface area contributed by atoms with E-state index in [1.165, 1.54) is 12.1 Å². The highest BCUT2D eigenvalue weighted by Gasteiger charge is 2.40. The van der Waals surface area contributed by atoms with Crippen LogP contribution < -0.4 is 0 Å². The van der Waals surface area contributed by atoms with Gasteiger partial charge in [0.15, 0.2) is 8.32 Å². The van der Waals surface area contributed by atoms with Crippen molar-refractivity contribution < 1.29 is 17.6 Å². The molecule has 0 saturated heterocycles. The fourth-order valence-electron chi connectivity index (χ4n) is 3.08. The molecule has 1 aromatic rings. The van der Waals surface area contributed by atoms with E-state index >= 15 is 0 Å². The monoisotopic (exact) mass is 358 g/mol. The number of hydrogen-bond acceptors (Lipinski definition) is 1. The number of halogens is 3. The maximum Gasteiger partial charge on any atom is 0.416 e. The Morgan fingerprint density at radius 2 is 1.58 bits per heavy atom. The highest BCUT2D eigenvalue weighted by Crippen LogP contribution is 2.41. The zero-order valence-corrected chi connectivity index (χ0v) is 16.3. The van der Waals surface area contributed by atoms with Gasteiger partial charge >= 0.3 is 6.18 Å². The molecule has 1 aliphatic carbocycles. The van der Waals surface area contributed by atoms with Gasteiger partial charge in [0.05, 0.1) is 5.56 Å². The molecule has 0 radical (unpaired) electrons. The van der Waals surface area contributed by atoms with E-state index in [0.717, 1.165) is 37.3 Å². The van der Waals surface area contributed by atoms with E-state index < -0.39 is 20.1 Å². The summed E-state index contributed by atoms with van der Waals surface area (Å²) in [5, 5.41) is 0.185. The first-order chi connectivity index (χ1) is 10.9. The normalized spacial score (nSPS) is 23.3. The van der Waals surface area contributed by atoms with Gasteiger partial charge in [-0.25, -0.2) is 0 Å². The lowest BCUT2D eigenvalue weighted by molar-refractivity contribution is -0.137. The first kappa shape index (κ1) is 19.5. The third-order valence-electron chi connectivity index (χ3n) is 5.63. The Balaban J connectivity index is 1.99. The maximum atomic E-state index is 12.9. The molecule has 0 heterocycles. The van der Waals surface area contributed by atoms with Crippen LogP contribution in [0.4, 0.5) is 13.2 Å². The van der Waals surface area contributed by atoms with E-state index in [0.29, 0.717) is 0 Å². The zero-order chi connectivity index (χ0) is 18.2. The summed E-state index contributed by atoms with van der Waals surface area (Å²) in [6.07, 6.45) is -0.325. The second-order valence-corrected chi connectivity index (χ2v) is 13.2. The molecule has 1 fully saturated rings. The van der Waals surface area contributed by atoms with E-state index in [9.17, 15) is 13.2 Å². The highest BCUT2D eigenvalue weighted by atomic mass is 28.4. The lowest BCUT2D eigenvalue weighted by Crippen LogP contribution is -2.44. The molecular formula is C19H29F3OSi. The van der Waals surface area contributed by atoms with Crippen LogP contribution in [0.5, 0.6) is 0 Å². The van der Waals surface area contributed by atoms with E-state index in [-0.39, 0.29) is 17.1 Å². The third-order valence-corrected chi connectivity index (χ3v) is 10.2. The van der Waals surface area contributed by atoms with Crippen LogP contribution in [0.2, 0.25) is 18.1 Å². The molecule has 1 saturated carbocycles. The third kappa shape index (κ3) is 4.63. The Morgan fingerprint density at radius 1 is 1.00 bits per heavy atom.